The van der Waals surface area contributed by atoms with Gasteiger partial charge in [-0.1, -0.05) is 13.8 Å². The summed E-state index contributed by atoms with van der Waals surface area (Å²) in [5, 5.41) is 15.6. The summed E-state index contributed by atoms with van der Waals surface area (Å²) in [6.45, 7) is 6.82. The van der Waals surface area contributed by atoms with Gasteiger partial charge in [0.1, 0.15) is 0 Å². The standard InChI is InChI=1S/C17H29N7/c1-5-15-14(16(6-2)23(4)22-15)13-20-17(18-3)19-9-7-11-24-12-8-10-21-24/h8,10,12H,5-7,9,11,13H2,1-4H3,(H2,18,19,20). The molecule has 2 aromatic heterocycles. The van der Waals surface area contributed by atoms with Crippen LogP contribution in [0.5, 0.6) is 0 Å². The van der Waals surface area contributed by atoms with E-state index in [9.17, 15) is 0 Å². The third kappa shape index (κ3) is 4.59. The maximum absolute atomic E-state index is 4.61. The lowest BCUT2D eigenvalue weighted by molar-refractivity contribution is 0.570. The Balaban J connectivity index is 1.83. The van der Waals surface area contributed by atoms with Gasteiger partial charge in [0.25, 0.3) is 0 Å². The van der Waals surface area contributed by atoms with Crippen LogP contribution in [0.25, 0.3) is 0 Å². The molecule has 2 N–H and O–H groups in total. The largest absolute Gasteiger partial charge is 0.356 e. The van der Waals surface area contributed by atoms with Crippen LogP contribution in [0.1, 0.15) is 37.2 Å². The summed E-state index contributed by atoms with van der Waals surface area (Å²) in [6, 6.07) is 1.94. The Kier molecular flexibility index (Phi) is 6.84. The first-order valence-corrected chi connectivity index (χ1v) is 8.65. The van der Waals surface area contributed by atoms with E-state index in [1.165, 1.54) is 11.3 Å². The highest BCUT2D eigenvalue weighted by Gasteiger charge is 2.13. The molecule has 2 heterocycles. The highest BCUT2D eigenvalue weighted by molar-refractivity contribution is 5.79. The monoisotopic (exact) mass is 331 g/mol. The van der Waals surface area contributed by atoms with Crippen LogP contribution in [0.15, 0.2) is 23.5 Å². The molecule has 0 radical (unpaired) electrons. The van der Waals surface area contributed by atoms with Crippen LogP contribution in [-0.4, -0.2) is 39.1 Å². The van der Waals surface area contributed by atoms with Crippen molar-refractivity contribution in [2.24, 2.45) is 12.0 Å². The molecule has 7 nitrogen and oxygen atoms in total. The number of nitrogens with one attached hydrogen (secondary N) is 2. The van der Waals surface area contributed by atoms with Crippen molar-refractivity contribution in [1.29, 1.82) is 0 Å². The van der Waals surface area contributed by atoms with Crippen LogP contribution in [0.3, 0.4) is 0 Å². The van der Waals surface area contributed by atoms with Crippen molar-refractivity contribution >= 4 is 5.96 Å². The van der Waals surface area contributed by atoms with E-state index in [1.807, 2.05) is 28.7 Å². The Hall–Kier alpha value is -2.31. The molecule has 0 saturated heterocycles. The van der Waals surface area contributed by atoms with Crippen LogP contribution in [0.2, 0.25) is 0 Å². The van der Waals surface area contributed by atoms with E-state index in [0.717, 1.165) is 50.6 Å². The minimum Gasteiger partial charge on any atom is -0.356 e. The molecule has 0 aliphatic rings. The van der Waals surface area contributed by atoms with Crippen LogP contribution < -0.4 is 10.6 Å². The number of guanidine groups is 1. The fraction of sp³-hybridized carbons (Fsp3) is 0.588. The maximum atomic E-state index is 4.61. The van der Waals surface area contributed by atoms with Gasteiger partial charge in [-0.2, -0.15) is 10.2 Å². The van der Waals surface area contributed by atoms with Gasteiger partial charge in [0.05, 0.1) is 5.69 Å². The SMILES string of the molecule is CCc1nn(C)c(CC)c1CNC(=NC)NCCCn1cccn1. The second kappa shape index (κ2) is 9.10. The molecule has 0 unspecified atom stereocenters. The topological polar surface area (TPSA) is 72.1 Å². The van der Waals surface area contributed by atoms with Crippen molar-refractivity contribution in [3.8, 4) is 0 Å². The summed E-state index contributed by atoms with van der Waals surface area (Å²) < 4.78 is 3.94. The number of hydrogen-bond donors (Lipinski definition) is 2. The normalized spacial score (nSPS) is 11.8. The van der Waals surface area contributed by atoms with Crippen LogP contribution in [-0.2, 0) is 33.0 Å². The summed E-state index contributed by atoms with van der Waals surface area (Å²) in [4.78, 5) is 4.30. The van der Waals surface area contributed by atoms with Gasteiger partial charge in [-0.15, -0.1) is 0 Å². The Morgan fingerprint density at radius 1 is 1.25 bits per heavy atom. The molecule has 0 aromatic carbocycles. The van der Waals surface area contributed by atoms with Crippen LogP contribution >= 0.6 is 0 Å². The van der Waals surface area contributed by atoms with Crippen molar-refractivity contribution in [3.05, 3.63) is 35.4 Å². The Morgan fingerprint density at radius 2 is 2.08 bits per heavy atom. The third-order valence-corrected chi connectivity index (χ3v) is 4.10. The second-order valence-corrected chi connectivity index (χ2v) is 5.68. The van der Waals surface area contributed by atoms with E-state index in [1.54, 1.807) is 13.2 Å². The number of nitrogens with zero attached hydrogens (tertiary/aromatic N) is 5. The van der Waals surface area contributed by atoms with Crippen LogP contribution in [0, 0.1) is 0 Å². The molecule has 0 spiro atoms. The lowest BCUT2D eigenvalue weighted by atomic mass is 10.1. The molecule has 132 valence electrons. The number of aliphatic imine (C=N–C) groups is 1. The molecule has 2 aromatic rings. The molecule has 0 aliphatic carbocycles. The zero-order valence-electron chi connectivity index (χ0n) is 15.2. The van der Waals surface area contributed by atoms with E-state index in [0.29, 0.717) is 0 Å². The first kappa shape index (κ1) is 18.0. The fourth-order valence-corrected chi connectivity index (χ4v) is 2.87. The Morgan fingerprint density at radius 3 is 2.71 bits per heavy atom. The van der Waals surface area contributed by atoms with E-state index in [-0.39, 0.29) is 0 Å². The van der Waals surface area contributed by atoms with Crippen molar-refractivity contribution < 1.29 is 0 Å². The molecule has 0 bridgehead atoms. The smallest absolute Gasteiger partial charge is 0.191 e. The zero-order chi connectivity index (χ0) is 17.4. The minimum absolute atomic E-state index is 0.749. The summed E-state index contributed by atoms with van der Waals surface area (Å²) in [6.07, 6.45) is 6.71. The summed E-state index contributed by atoms with van der Waals surface area (Å²) in [5.41, 5.74) is 3.74. The van der Waals surface area contributed by atoms with Gasteiger partial charge >= 0.3 is 0 Å². The molecule has 7 heteroatoms. The van der Waals surface area contributed by atoms with E-state index < -0.39 is 0 Å². The Bertz CT molecular complexity index is 640. The van der Waals surface area contributed by atoms with Gasteiger partial charge in [0, 0.05) is 57.4 Å². The highest BCUT2D eigenvalue weighted by Crippen LogP contribution is 2.15. The molecule has 0 amide bonds. The number of rotatable bonds is 8. The first-order valence-electron chi connectivity index (χ1n) is 8.65. The van der Waals surface area contributed by atoms with Gasteiger partial charge in [-0.05, 0) is 25.3 Å². The third-order valence-electron chi connectivity index (χ3n) is 4.10. The second-order valence-electron chi connectivity index (χ2n) is 5.68. The number of aromatic nitrogens is 4. The lowest BCUT2D eigenvalue weighted by Crippen LogP contribution is -2.37. The number of hydrogen-bond acceptors (Lipinski definition) is 3. The van der Waals surface area contributed by atoms with E-state index in [4.69, 9.17) is 0 Å². The average molecular weight is 331 g/mol. The molecule has 2 rings (SSSR count). The minimum atomic E-state index is 0.749. The first-order chi connectivity index (χ1) is 11.7. The molecular formula is C17H29N7. The predicted molar refractivity (Wildman–Crippen MR) is 97.0 cm³/mol. The van der Waals surface area contributed by atoms with Crippen LogP contribution in [0.4, 0.5) is 0 Å². The zero-order valence-corrected chi connectivity index (χ0v) is 15.2. The lowest BCUT2D eigenvalue weighted by Gasteiger charge is -2.13. The highest BCUT2D eigenvalue weighted by atomic mass is 15.3. The number of aryl methyl sites for hydroxylation is 3. The molecular weight excluding hydrogens is 302 g/mol. The fourth-order valence-electron chi connectivity index (χ4n) is 2.87. The molecule has 0 saturated carbocycles. The molecule has 0 aliphatic heterocycles. The summed E-state index contributed by atoms with van der Waals surface area (Å²) >= 11 is 0. The quantitative estimate of drug-likeness (QED) is 0.437. The van der Waals surface area contributed by atoms with E-state index >= 15 is 0 Å². The van der Waals surface area contributed by atoms with E-state index in [2.05, 4.69) is 39.7 Å². The van der Waals surface area contributed by atoms with Gasteiger partial charge in [0.15, 0.2) is 5.96 Å². The molecule has 0 fully saturated rings. The van der Waals surface area contributed by atoms with Gasteiger partial charge in [-0.3, -0.25) is 14.4 Å². The molecule has 0 atom stereocenters. The van der Waals surface area contributed by atoms with Gasteiger partial charge in [-0.25, -0.2) is 0 Å². The van der Waals surface area contributed by atoms with Crippen molar-refractivity contribution in [2.75, 3.05) is 13.6 Å². The van der Waals surface area contributed by atoms with Crippen molar-refractivity contribution in [3.63, 3.8) is 0 Å². The predicted octanol–water partition coefficient (Wildman–Crippen LogP) is 1.50. The molecule has 24 heavy (non-hydrogen) atoms. The van der Waals surface area contributed by atoms with Gasteiger partial charge < -0.3 is 10.6 Å². The van der Waals surface area contributed by atoms with Gasteiger partial charge in [0.2, 0.25) is 0 Å². The van der Waals surface area contributed by atoms with Crippen molar-refractivity contribution in [2.45, 2.75) is 46.2 Å². The Labute approximate surface area is 144 Å². The van der Waals surface area contributed by atoms with Crippen molar-refractivity contribution in [1.82, 2.24) is 30.2 Å². The summed E-state index contributed by atoms with van der Waals surface area (Å²) in [5.74, 6) is 0.823. The maximum Gasteiger partial charge on any atom is 0.191 e. The average Bonchev–Trinajstić information content (AvgIpc) is 3.21. The summed E-state index contributed by atoms with van der Waals surface area (Å²) in [7, 11) is 3.82.